The Morgan fingerprint density at radius 3 is 3.00 bits per heavy atom. The highest BCUT2D eigenvalue weighted by molar-refractivity contribution is 5.93. The number of carbonyl (C=O) groups excluding carboxylic acids is 1. The average Bonchev–Trinajstić information content (AvgIpc) is 2.97. The van der Waals surface area contributed by atoms with Gasteiger partial charge in [0.15, 0.2) is 0 Å². The van der Waals surface area contributed by atoms with Crippen LogP contribution in [0.15, 0.2) is 18.3 Å². The predicted molar refractivity (Wildman–Crippen MR) is 68.0 cm³/mol. The van der Waals surface area contributed by atoms with Gasteiger partial charge in [0.1, 0.15) is 12.2 Å². The summed E-state index contributed by atoms with van der Waals surface area (Å²) in [6.07, 6.45) is 2.54. The Hall–Kier alpha value is -1.82. The van der Waals surface area contributed by atoms with Crippen LogP contribution < -0.4 is 0 Å². The van der Waals surface area contributed by atoms with Gasteiger partial charge in [0.05, 0.1) is 6.61 Å². The van der Waals surface area contributed by atoms with Crippen molar-refractivity contribution in [2.24, 2.45) is 5.92 Å². The second-order valence-corrected chi connectivity index (χ2v) is 4.78. The van der Waals surface area contributed by atoms with Crippen molar-refractivity contribution in [2.45, 2.75) is 13.0 Å². The number of ether oxygens (including phenoxy) is 1. The predicted octanol–water partition coefficient (Wildman–Crippen LogP) is 0.681. The summed E-state index contributed by atoms with van der Waals surface area (Å²) in [5.41, 5.74) is 0.431. The maximum absolute atomic E-state index is 12.3. The van der Waals surface area contributed by atoms with E-state index in [0.29, 0.717) is 31.3 Å². The topological polar surface area (TPSA) is 71.8 Å². The number of carboxylic acid groups (broad SMARTS) is 1. The molecule has 0 bridgehead atoms. The number of rotatable bonds is 5. The molecule has 2 heterocycles. The highest BCUT2D eigenvalue weighted by Gasteiger charge is 2.28. The average molecular weight is 266 g/mol. The lowest BCUT2D eigenvalue weighted by Gasteiger charge is -2.17. The molecule has 1 aromatic heterocycles. The molecule has 6 nitrogen and oxygen atoms in total. The summed E-state index contributed by atoms with van der Waals surface area (Å²) in [6, 6.07) is 3.35. The zero-order valence-corrected chi connectivity index (χ0v) is 10.9. The summed E-state index contributed by atoms with van der Waals surface area (Å²) >= 11 is 0. The molecule has 2 rings (SSSR count). The molecular weight excluding hydrogens is 248 g/mol. The Kier molecular flexibility index (Phi) is 4.21. The molecule has 1 unspecified atom stereocenters. The number of aromatic nitrogens is 1. The Morgan fingerprint density at radius 1 is 1.53 bits per heavy atom. The molecule has 1 aliphatic heterocycles. The summed E-state index contributed by atoms with van der Waals surface area (Å²) in [5.74, 6) is -0.689. The molecule has 6 heteroatoms. The Labute approximate surface area is 111 Å². The van der Waals surface area contributed by atoms with E-state index in [1.807, 2.05) is 0 Å². The van der Waals surface area contributed by atoms with Gasteiger partial charge in [-0.15, -0.1) is 0 Å². The van der Waals surface area contributed by atoms with Crippen molar-refractivity contribution in [3.05, 3.63) is 24.0 Å². The van der Waals surface area contributed by atoms with Crippen LogP contribution in [-0.4, -0.2) is 53.3 Å². The van der Waals surface area contributed by atoms with Gasteiger partial charge >= 0.3 is 5.97 Å². The third-order valence-electron chi connectivity index (χ3n) is 3.33. The lowest BCUT2D eigenvalue weighted by Crippen LogP contribution is -2.31. The molecule has 1 amide bonds. The van der Waals surface area contributed by atoms with Crippen molar-refractivity contribution in [2.75, 3.05) is 26.8 Å². The van der Waals surface area contributed by atoms with Gasteiger partial charge in [-0.2, -0.15) is 0 Å². The van der Waals surface area contributed by atoms with Crippen molar-refractivity contribution in [1.29, 1.82) is 0 Å². The Balaban J connectivity index is 2.04. The molecule has 19 heavy (non-hydrogen) atoms. The molecule has 0 aliphatic carbocycles. The monoisotopic (exact) mass is 266 g/mol. The van der Waals surface area contributed by atoms with Crippen LogP contribution in [0.1, 0.15) is 16.9 Å². The number of aliphatic carboxylic acids is 1. The first-order valence-electron chi connectivity index (χ1n) is 6.27. The zero-order valence-electron chi connectivity index (χ0n) is 10.9. The molecule has 1 aliphatic rings. The van der Waals surface area contributed by atoms with E-state index in [1.165, 1.54) is 4.57 Å². The highest BCUT2D eigenvalue weighted by Crippen LogP contribution is 2.19. The summed E-state index contributed by atoms with van der Waals surface area (Å²) in [7, 11) is 1.66. The first-order valence-corrected chi connectivity index (χ1v) is 6.27. The molecule has 0 radical (unpaired) electrons. The van der Waals surface area contributed by atoms with Crippen LogP contribution in [0.2, 0.25) is 0 Å². The number of methoxy groups -OCH3 is 1. The zero-order chi connectivity index (χ0) is 13.8. The third kappa shape index (κ3) is 3.14. The molecule has 104 valence electrons. The SMILES string of the molecule is COCC1CCN(C(=O)c2cccn2CC(=O)O)C1. The fraction of sp³-hybridized carbons (Fsp3) is 0.538. The number of amides is 1. The van der Waals surface area contributed by atoms with E-state index in [9.17, 15) is 9.59 Å². The minimum Gasteiger partial charge on any atom is -0.480 e. The first-order chi connectivity index (χ1) is 9.11. The molecule has 1 aromatic rings. The first kappa shape index (κ1) is 13.6. The van der Waals surface area contributed by atoms with Crippen LogP contribution in [-0.2, 0) is 16.1 Å². The number of carbonyl (C=O) groups is 2. The van der Waals surface area contributed by atoms with Crippen LogP contribution in [0.3, 0.4) is 0 Å². The van der Waals surface area contributed by atoms with E-state index in [-0.39, 0.29) is 12.5 Å². The van der Waals surface area contributed by atoms with Gasteiger partial charge < -0.3 is 19.3 Å². The fourth-order valence-corrected chi connectivity index (χ4v) is 2.44. The molecule has 0 spiro atoms. The normalized spacial score (nSPS) is 18.8. The van der Waals surface area contributed by atoms with Crippen LogP contribution in [0, 0.1) is 5.92 Å². The molecule has 1 atom stereocenters. The molecule has 0 saturated carbocycles. The van der Waals surface area contributed by atoms with E-state index >= 15 is 0 Å². The third-order valence-corrected chi connectivity index (χ3v) is 3.33. The van der Waals surface area contributed by atoms with E-state index in [4.69, 9.17) is 9.84 Å². The van der Waals surface area contributed by atoms with Crippen LogP contribution in [0.4, 0.5) is 0 Å². The van der Waals surface area contributed by atoms with Gasteiger partial charge in [-0.25, -0.2) is 0 Å². The summed E-state index contributed by atoms with van der Waals surface area (Å²) in [4.78, 5) is 24.8. The lowest BCUT2D eigenvalue weighted by atomic mass is 10.1. The fourth-order valence-electron chi connectivity index (χ4n) is 2.44. The smallest absolute Gasteiger partial charge is 0.323 e. The van der Waals surface area contributed by atoms with Gasteiger partial charge in [-0.05, 0) is 18.6 Å². The quantitative estimate of drug-likeness (QED) is 0.850. The number of nitrogens with zero attached hydrogens (tertiary/aromatic N) is 2. The maximum atomic E-state index is 12.3. The van der Waals surface area contributed by atoms with Crippen molar-refractivity contribution in [1.82, 2.24) is 9.47 Å². The van der Waals surface area contributed by atoms with Crippen molar-refractivity contribution in [3.8, 4) is 0 Å². The van der Waals surface area contributed by atoms with Crippen LogP contribution in [0.5, 0.6) is 0 Å². The van der Waals surface area contributed by atoms with E-state index < -0.39 is 5.97 Å². The minimum atomic E-state index is -0.955. The second-order valence-electron chi connectivity index (χ2n) is 4.78. The van der Waals surface area contributed by atoms with E-state index in [1.54, 1.807) is 30.3 Å². The van der Waals surface area contributed by atoms with Gasteiger partial charge in [0, 0.05) is 32.3 Å². The number of hydrogen-bond acceptors (Lipinski definition) is 3. The highest BCUT2D eigenvalue weighted by atomic mass is 16.5. The number of hydrogen-bond donors (Lipinski definition) is 1. The molecular formula is C13H18N2O4. The summed E-state index contributed by atoms with van der Waals surface area (Å²) in [6.45, 7) is 1.83. The van der Waals surface area contributed by atoms with Crippen LogP contribution >= 0.6 is 0 Å². The van der Waals surface area contributed by atoms with Gasteiger partial charge in [0.2, 0.25) is 0 Å². The van der Waals surface area contributed by atoms with Gasteiger partial charge in [-0.1, -0.05) is 0 Å². The standard InChI is InChI=1S/C13H18N2O4/c1-19-9-10-4-6-15(7-10)13(18)11-3-2-5-14(11)8-12(16)17/h2-3,5,10H,4,6-9H2,1H3,(H,16,17). The maximum Gasteiger partial charge on any atom is 0.323 e. The summed E-state index contributed by atoms with van der Waals surface area (Å²) < 4.78 is 6.57. The van der Waals surface area contributed by atoms with Crippen molar-refractivity contribution < 1.29 is 19.4 Å². The van der Waals surface area contributed by atoms with Gasteiger partial charge in [0.25, 0.3) is 5.91 Å². The number of carboxylic acids is 1. The van der Waals surface area contributed by atoms with Crippen molar-refractivity contribution >= 4 is 11.9 Å². The second kappa shape index (κ2) is 5.88. The lowest BCUT2D eigenvalue weighted by molar-refractivity contribution is -0.137. The molecule has 1 saturated heterocycles. The van der Waals surface area contributed by atoms with E-state index in [0.717, 1.165) is 6.42 Å². The molecule has 1 N–H and O–H groups in total. The van der Waals surface area contributed by atoms with Gasteiger partial charge in [-0.3, -0.25) is 9.59 Å². The Bertz CT molecular complexity index is 469. The van der Waals surface area contributed by atoms with Crippen LogP contribution in [0.25, 0.3) is 0 Å². The largest absolute Gasteiger partial charge is 0.480 e. The Morgan fingerprint density at radius 2 is 2.32 bits per heavy atom. The molecule has 1 fully saturated rings. The minimum absolute atomic E-state index is 0.107. The van der Waals surface area contributed by atoms with Crippen molar-refractivity contribution in [3.63, 3.8) is 0 Å². The number of likely N-dealkylation sites (tertiary alicyclic amines) is 1. The van der Waals surface area contributed by atoms with E-state index in [2.05, 4.69) is 0 Å². The summed E-state index contributed by atoms with van der Waals surface area (Å²) in [5, 5.41) is 8.81. The molecule has 0 aromatic carbocycles.